The van der Waals surface area contributed by atoms with Crippen molar-refractivity contribution >= 4 is 11.6 Å². The van der Waals surface area contributed by atoms with Crippen molar-refractivity contribution in [1.29, 1.82) is 0 Å². The summed E-state index contributed by atoms with van der Waals surface area (Å²) in [4.78, 5) is 2.57. The van der Waals surface area contributed by atoms with Crippen molar-refractivity contribution in [2.75, 3.05) is 26.2 Å². The maximum Gasteiger partial charge on any atom is 0.122 e. The molecule has 1 saturated heterocycles. The molecule has 1 aliphatic heterocycles. The lowest BCUT2D eigenvalue weighted by Gasteiger charge is -2.15. The van der Waals surface area contributed by atoms with Crippen LogP contribution in [-0.2, 0) is 12.8 Å². The van der Waals surface area contributed by atoms with Crippen LogP contribution in [0.25, 0.3) is 0 Å². The number of rotatable bonds is 9. The van der Waals surface area contributed by atoms with Crippen LogP contribution in [0.15, 0.2) is 48.5 Å². The number of nitrogens with zero attached hydrogens (tertiary/aromatic N) is 1. The van der Waals surface area contributed by atoms with Gasteiger partial charge in [0.15, 0.2) is 0 Å². The van der Waals surface area contributed by atoms with Gasteiger partial charge in [-0.05, 0) is 81.4 Å². The zero-order chi connectivity index (χ0) is 17.3. The first-order chi connectivity index (χ1) is 12.3. The Hall–Kier alpha value is -1.51. The Morgan fingerprint density at radius 3 is 2.32 bits per heavy atom. The second-order valence-electron chi connectivity index (χ2n) is 6.80. The molecule has 1 fully saturated rings. The third-order valence-electron chi connectivity index (χ3n) is 4.92. The number of para-hydroxylation sites is 1. The average Bonchev–Trinajstić information content (AvgIpc) is 3.15. The van der Waals surface area contributed by atoms with Gasteiger partial charge < -0.3 is 9.64 Å². The monoisotopic (exact) mass is 357 g/mol. The minimum absolute atomic E-state index is 0.803. The van der Waals surface area contributed by atoms with E-state index in [9.17, 15) is 0 Å². The molecule has 3 heteroatoms. The third kappa shape index (κ3) is 5.76. The largest absolute Gasteiger partial charge is 0.493 e. The number of hydrogen-bond acceptors (Lipinski definition) is 2. The maximum atomic E-state index is 6.27. The van der Waals surface area contributed by atoms with Gasteiger partial charge in [0.2, 0.25) is 0 Å². The highest BCUT2D eigenvalue weighted by molar-refractivity contribution is 6.31. The van der Waals surface area contributed by atoms with Crippen molar-refractivity contribution in [3.05, 3.63) is 64.7 Å². The van der Waals surface area contributed by atoms with Gasteiger partial charge in [-0.25, -0.2) is 0 Å². The fourth-order valence-electron chi connectivity index (χ4n) is 3.45. The average molecular weight is 358 g/mol. The van der Waals surface area contributed by atoms with Crippen LogP contribution in [0.1, 0.15) is 36.8 Å². The van der Waals surface area contributed by atoms with Crippen LogP contribution in [-0.4, -0.2) is 31.1 Å². The zero-order valence-electron chi connectivity index (χ0n) is 14.9. The molecule has 25 heavy (non-hydrogen) atoms. The minimum Gasteiger partial charge on any atom is -0.493 e. The predicted molar refractivity (Wildman–Crippen MR) is 106 cm³/mol. The van der Waals surface area contributed by atoms with Crippen LogP contribution in [0, 0.1) is 0 Å². The molecule has 1 aliphatic rings. The summed E-state index contributed by atoms with van der Waals surface area (Å²) in [5.74, 6) is 1.02. The number of benzene rings is 2. The van der Waals surface area contributed by atoms with E-state index >= 15 is 0 Å². The first-order valence-corrected chi connectivity index (χ1v) is 9.87. The Labute approximate surface area is 156 Å². The Bertz CT molecular complexity index is 652. The molecule has 0 bridgehead atoms. The molecule has 0 unspecified atom stereocenters. The minimum atomic E-state index is 0.803. The van der Waals surface area contributed by atoms with E-state index in [0.717, 1.165) is 36.6 Å². The normalized spacial score (nSPS) is 14.8. The van der Waals surface area contributed by atoms with Crippen LogP contribution in [0.4, 0.5) is 0 Å². The maximum absolute atomic E-state index is 6.27. The molecular formula is C22H28ClNO. The van der Waals surface area contributed by atoms with Gasteiger partial charge in [0.25, 0.3) is 0 Å². The molecular weight excluding hydrogens is 330 g/mol. The summed E-state index contributed by atoms with van der Waals surface area (Å²) < 4.78 is 6.07. The summed E-state index contributed by atoms with van der Waals surface area (Å²) in [5, 5.41) is 0.850. The molecule has 0 N–H and O–H groups in total. The topological polar surface area (TPSA) is 12.5 Å². The molecule has 2 aromatic rings. The summed E-state index contributed by atoms with van der Waals surface area (Å²) in [6, 6.07) is 16.5. The molecule has 2 aromatic carbocycles. The van der Waals surface area contributed by atoms with Crippen LogP contribution in [0.5, 0.6) is 5.75 Å². The second-order valence-corrected chi connectivity index (χ2v) is 7.21. The molecule has 0 atom stereocenters. The molecule has 0 saturated carbocycles. The number of halogens is 1. The Morgan fingerprint density at radius 1 is 0.840 bits per heavy atom. The molecule has 134 valence electrons. The lowest BCUT2D eigenvalue weighted by Crippen LogP contribution is -2.20. The number of ether oxygens (including phenoxy) is 1. The summed E-state index contributed by atoms with van der Waals surface area (Å²) >= 11 is 6.27. The van der Waals surface area contributed by atoms with Crippen LogP contribution < -0.4 is 4.74 Å². The first kappa shape index (κ1) is 18.3. The SMILES string of the molecule is Clc1ccccc1CCc1ccccc1OCCCCN1CCCC1. The van der Waals surface area contributed by atoms with Gasteiger partial charge in [-0.2, -0.15) is 0 Å². The first-order valence-electron chi connectivity index (χ1n) is 9.49. The van der Waals surface area contributed by atoms with Crippen molar-refractivity contribution in [2.24, 2.45) is 0 Å². The fourth-order valence-corrected chi connectivity index (χ4v) is 3.68. The highest BCUT2D eigenvalue weighted by Crippen LogP contribution is 2.23. The summed E-state index contributed by atoms with van der Waals surface area (Å²) in [5.41, 5.74) is 2.46. The molecule has 0 aromatic heterocycles. The Morgan fingerprint density at radius 2 is 1.52 bits per heavy atom. The zero-order valence-corrected chi connectivity index (χ0v) is 15.7. The van der Waals surface area contributed by atoms with E-state index in [1.54, 1.807) is 0 Å². The number of hydrogen-bond donors (Lipinski definition) is 0. The summed E-state index contributed by atoms with van der Waals surface area (Å²) in [6.07, 6.45) is 6.98. The van der Waals surface area contributed by atoms with E-state index < -0.39 is 0 Å². The number of likely N-dealkylation sites (tertiary alicyclic amines) is 1. The Kier molecular flexibility index (Phi) is 7.20. The van der Waals surface area contributed by atoms with Crippen molar-refractivity contribution in [2.45, 2.75) is 38.5 Å². The summed E-state index contributed by atoms with van der Waals surface area (Å²) in [6.45, 7) is 4.59. The van der Waals surface area contributed by atoms with E-state index in [1.165, 1.54) is 50.0 Å². The number of aryl methyl sites for hydroxylation is 2. The molecule has 1 heterocycles. The van der Waals surface area contributed by atoms with E-state index in [0.29, 0.717) is 0 Å². The molecule has 2 nitrogen and oxygen atoms in total. The fraction of sp³-hybridized carbons (Fsp3) is 0.455. The van der Waals surface area contributed by atoms with Crippen LogP contribution in [0.3, 0.4) is 0 Å². The molecule has 3 rings (SSSR count). The second kappa shape index (κ2) is 9.84. The standard InChI is InChI=1S/C22H28ClNO/c23-21-11-3-1-9-19(21)13-14-20-10-2-4-12-22(20)25-18-8-7-17-24-15-5-6-16-24/h1-4,9-12H,5-8,13-18H2. The van der Waals surface area contributed by atoms with Crippen molar-refractivity contribution in [3.63, 3.8) is 0 Å². The Balaban J connectivity index is 1.44. The van der Waals surface area contributed by atoms with Crippen molar-refractivity contribution in [1.82, 2.24) is 4.90 Å². The molecule has 0 amide bonds. The molecule has 0 spiro atoms. The third-order valence-corrected chi connectivity index (χ3v) is 5.29. The summed E-state index contributed by atoms with van der Waals surface area (Å²) in [7, 11) is 0. The van der Waals surface area contributed by atoms with Crippen molar-refractivity contribution < 1.29 is 4.74 Å². The number of unbranched alkanes of at least 4 members (excludes halogenated alkanes) is 1. The smallest absolute Gasteiger partial charge is 0.122 e. The van der Waals surface area contributed by atoms with Crippen molar-refractivity contribution in [3.8, 4) is 5.75 Å². The van der Waals surface area contributed by atoms with E-state index in [4.69, 9.17) is 16.3 Å². The van der Waals surface area contributed by atoms with Gasteiger partial charge in [-0.1, -0.05) is 48.0 Å². The quantitative estimate of drug-likeness (QED) is 0.558. The van der Waals surface area contributed by atoms with Gasteiger partial charge >= 0.3 is 0 Å². The van der Waals surface area contributed by atoms with Gasteiger partial charge in [-0.15, -0.1) is 0 Å². The van der Waals surface area contributed by atoms with E-state index in [1.807, 2.05) is 18.2 Å². The lowest BCUT2D eigenvalue weighted by molar-refractivity contribution is 0.278. The van der Waals surface area contributed by atoms with Gasteiger partial charge in [-0.3, -0.25) is 0 Å². The van der Waals surface area contributed by atoms with Gasteiger partial charge in [0.1, 0.15) is 5.75 Å². The van der Waals surface area contributed by atoms with E-state index in [-0.39, 0.29) is 0 Å². The van der Waals surface area contributed by atoms with Crippen LogP contribution in [0.2, 0.25) is 5.02 Å². The lowest BCUT2D eigenvalue weighted by atomic mass is 10.0. The van der Waals surface area contributed by atoms with Gasteiger partial charge in [0.05, 0.1) is 6.61 Å². The van der Waals surface area contributed by atoms with Gasteiger partial charge in [0, 0.05) is 5.02 Å². The van der Waals surface area contributed by atoms with E-state index in [2.05, 4.69) is 35.2 Å². The highest BCUT2D eigenvalue weighted by atomic mass is 35.5. The predicted octanol–water partition coefficient (Wildman–Crippen LogP) is 5.38. The highest BCUT2D eigenvalue weighted by Gasteiger charge is 2.10. The molecule has 0 aliphatic carbocycles. The van der Waals surface area contributed by atoms with Crippen LogP contribution >= 0.6 is 11.6 Å². The molecule has 0 radical (unpaired) electrons.